The number of hydrogen-bond donors (Lipinski definition) is 4. The summed E-state index contributed by atoms with van der Waals surface area (Å²) in [5.41, 5.74) is 1.88. The van der Waals surface area contributed by atoms with E-state index in [9.17, 15) is 29.7 Å². The van der Waals surface area contributed by atoms with Crippen molar-refractivity contribution in [3.8, 4) is 11.5 Å². The molecule has 1 atom stereocenters. The van der Waals surface area contributed by atoms with Crippen LogP contribution < -0.4 is 16.0 Å². The van der Waals surface area contributed by atoms with E-state index < -0.39 is 23.5 Å². The maximum Gasteiger partial charge on any atom is 0.339 e. The fourth-order valence-electron chi connectivity index (χ4n) is 3.93. The molecule has 0 unspecified atom stereocenters. The predicted octanol–water partition coefficient (Wildman–Crippen LogP) is 1.40. The zero-order valence-electron chi connectivity index (χ0n) is 17.7. The third-order valence-electron chi connectivity index (χ3n) is 5.67. The third-order valence-corrected chi connectivity index (χ3v) is 5.67. The van der Waals surface area contributed by atoms with E-state index in [1.54, 1.807) is 25.3 Å². The largest absolute Gasteiger partial charge is 0.548 e. The molecule has 0 spiro atoms. The standard InChI is InChI=1S/C24H22N2O7/c1-12-16-4-2-15(28)10-21(16)33-24(32)17(12)5-7-22(29)26-20(23(30)31)8-13-11-25-19-6-3-14(27)9-18(13)19/h2-4,6,9-11,20,25,27-28H,5,7-8H2,1H3,(H,26,29)(H,30,31)/p-1/t20-/m1/s1. The number of amides is 1. The van der Waals surface area contributed by atoms with Crippen LogP contribution in [0.5, 0.6) is 11.5 Å². The van der Waals surface area contributed by atoms with Gasteiger partial charge in [-0.15, -0.1) is 0 Å². The van der Waals surface area contributed by atoms with Crippen molar-refractivity contribution in [2.75, 3.05) is 0 Å². The van der Waals surface area contributed by atoms with Crippen LogP contribution in [0.25, 0.3) is 21.9 Å². The Morgan fingerprint density at radius 2 is 1.85 bits per heavy atom. The Kier molecular flexibility index (Phi) is 5.78. The second-order valence-electron chi connectivity index (χ2n) is 7.86. The number of carbonyl (C=O) groups is 2. The van der Waals surface area contributed by atoms with E-state index in [0.717, 1.165) is 5.52 Å². The van der Waals surface area contributed by atoms with Crippen LogP contribution in [0.1, 0.15) is 23.1 Å². The number of fused-ring (bicyclic) bond motifs is 2. The van der Waals surface area contributed by atoms with Crippen molar-refractivity contribution in [3.63, 3.8) is 0 Å². The van der Waals surface area contributed by atoms with Crippen LogP contribution in [0.15, 0.2) is 51.8 Å². The van der Waals surface area contributed by atoms with Gasteiger partial charge >= 0.3 is 5.63 Å². The Balaban J connectivity index is 1.48. The summed E-state index contributed by atoms with van der Waals surface area (Å²) in [5, 5.41) is 34.7. The molecule has 4 rings (SSSR count). The lowest BCUT2D eigenvalue weighted by atomic mass is 10.0. The zero-order chi connectivity index (χ0) is 23.7. The van der Waals surface area contributed by atoms with E-state index in [-0.39, 0.29) is 36.3 Å². The van der Waals surface area contributed by atoms with Gasteiger partial charge in [0, 0.05) is 47.0 Å². The van der Waals surface area contributed by atoms with Crippen LogP contribution in [0, 0.1) is 6.92 Å². The molecule has 0 radical (unpaired) electrons. The third kappa shape index (κ3) is 4.52. The van der Waals surface area contributed by atoms with Crippen LogP contribution in [0.4, 0.5) is 0 Å². The minimum Gasteiger partial charge on any atom is -0.548 e. The number of aromatic amines is 1. The van der Waals surface area contributed by atoms with Crippen molar-refractivity contribution in [1.29, 1.82) is 0 Å². The van der Waals surface area contributed by atoms with Gasteiger partial charge in [0.2, 0.25) is 5.91 Å². The number of phenolic OH excluding ortho intramolecular Hbond substituents is 2. The number of carbonyl (C=O) groups excluding carboxylic acids is 2. The van der Waals surface area contributed by atoms with E-state index in [1.165, 1.54) is 24.3 Å². The Hall–Kier alpha value is -4.27. The first kappa shape index (κ1) is 21.9. The number of aryl methyl sites for hydroxylation is 1. The minimum atomic E-state index is -1.45. The Labute approximate surface area is 187 Å². The topological polar surface area (TPSA) is 156 Å². The van der Waals surface area contributed by atoms with Crippen LogP contribution in [0.3, 0.4) is 0 Å². The van der Waals surface area contributed by atoms with Crippen LogP contribution >= 0.6 is 0 Å². The molecule has 2 aromatic carbocycles. The molecule has 1 amide bonds. The Morgan fingerprint density at radius 1 is 1.12 bits per heavy atom. The summed E-state index contributed by atoms with van der Waals surface area (Å²) in [6.45, 7) is 1.72. The summed E-state index contributed by atoms with van der Waals surface area (Å²) >= 11 is 0. The first-order valence-corrected chi connectivity index (χ1v) is 10.3. The van der Waals surface area contributed by atoms with Crippen LogP contribution in [-0.4, -0.2) is 33.1 Å². The van der Waals surface area contributed by atoms with Gasteiger partial charge < -0.3 is 34.8 Å². The zero-order valence-corrected chi connectivity index (χ0v) is 17.7. The summed E-state index contributed by atoms with van der Waals surface area (Å²) in [6, 6.07) is 7.83. The summed E-state index contributed by atoms with van der Waals surface area (Å²) < 4.78 is 5.25. The van der Waals surface area contributed by atoms with Crippen LogP contribution in [0.2, 0.25) is 0 Å². The Morgan fingerprint density at radius 3 is 2.61 bits per heavy atom. The highest BCUT2D eigenvalue weighted by Gasteiger charge is 2.18. The molecule has 2 aromatic heterocycles. The maximum atomic E-state index is 12.5. The van der Waals surface area contributed by atoms with Gasteiger partial charge in [-0.05, 0) is 54.8 Å². The number of rotatable bonds is 7. The summed E-state index contributed by atoms with van der Waals surface area (Å²) in [6.07, 6.45) is 1.50. The summed E-state index contributed by atoms with van der Waals surface area (Å²) in [4.78, 5) is 39.5. The molecule has 0 aliphatic heterocycles. The van der Waals surface area contributed by atoms with Gasteiger partial charge in [-0.1, -0.05) is 0 Å². The number of hydrogen-bond acceptors (Lipinski definition) is 7. The molecule has 9 nitrogen and oxygen atoms in total. The minimum absolute atomic E-state index is 0.0316. The highest BCUT2D eigenvalue weighted by atomic mass is 16.4. The fraction of sp³-hybridized carbons (Fsp3) is 0.208. The predicted molar refractivity (Wildman–Crippen MR) is 118 cm³/mol. The van der Waals surface area contributed by atoms with Gasteiger partial charge in [0.05, 0.1) is 12.0 Å². The van der Waals surface area contributed by atoms with Gasteiger partial charge in [0.25, 0.3) is 0 Å². The SMILES string of the molecule is Cc1c(CCC(=O)N[C@H](Cc2c[nH]c3ccc(O)cc23)C(=O)[O-])c(=O)oc2cc(O)ccc12. The maximum absolute atomic E-state index is 12.5. The lowest BCUT2D eigenvalue weighted by Gasteiger charge is -2.19. The highest BCUT2D eigenvalue weighted by molar-refractivity contribution is 5.87. The average Bonchev–Trinajstić information content (AvgIpc) is 3.14. The Bertz CT molecular complexity index is 1430. The number of nitrogens with one attached hydrogen (secondary N) is 2. The van der Waals surface area contributed by atoms with E-state index in [1.807, 2.05) is 0 Å². The smallest absolute Gasteiger partial charge is 0.339 e. The molecule has 170 valence electrons. The number of carboxylic acid groups (broad SMARTS) is 1. The number of H-pyrrole nitrogens is 1. The van der Waals surface area contributed by atoms with Crippen LogP contribution in [-0.2, 0) is 22.4 Å². The number of carboxylic acids is 1. The van der Waals surface area contributed by atoms with Crippen molar-refractivity contribution in [1.82, 2.24) is 10.3 Å². The molecular formula is C24H21N2O7-. The van der Waals surface area contributed by atoms with E-state index in [4.69, 9.17) is 4.42 Å². The molecule has 33 heavy (non-hydrogen) atoms. The lowest BCUT2D eigenvalue weighted by Crippen LogP contribution is -2.49. The number of aliphatic carboxylic acids is 1. The quantitative estimate of drug-likeness (QED) is 0.311. The molecule has 9 heteroatoms. The first-order chi connectivity index (χ1) is 15.7. The molecular weight excluding hydrogens is 428 g/mol. The molecule has 0 aliphatic carbocycles. The second kappa shape index (κ2) is 8.70. The normalized spacial score (nSPS) is 12.2. The second-order valence-corrected chi connectivity index (χ2v) is 7.86. The fourth-order valence-corrected chi connectivity index (χ4v) is 3.93. The number of aromatic nitrogens is 1. The number of phenols is 2. The molecule has 4 aromatic rings. The lowest BCUT2D eigenvalue weighted by molar-refractivity contribution is -0.308. The highest BCUT2D eigenvalue weighted by Crippen LogP contribution is 2.25. The molecule has 0 bridgehead atoms. The van der Waals surface area contributed by atoms with Crippen molar-refractivity contribution in [2.45, 2.75) is 32.2 Å². The van der Waals surface area contributed by atoms with E-state index in [2.05, 4.69) is 10.3 Å². The van der Waals surface area contributed by atoms with Crippen molar-refractivity contribution >= 4 is 33.7 Å². The van der Waals surface area contributed by atoms with Crippen molar-refractivity contribution < 1.29 is 29.3 Å². The molecule has 0 saturated heterocycles. The van der Waals surface area contributed by atoms with Gasteiger partial charge in [-0.3, -0.25) is 4.79 Å². The molecule has 4 N–H and O–H groups in total. The first-order valence-electron chi connectivity index (χ1n) is 10.3. The van der Waals surface area contributed by atoms with Crippen molar-refractivity contribution in [3.05, 3.63) is 69.7 Å². The van der Waals surface area contributed by atoms with Crippen molar-refractivity contribution in [2.24, 2.45) is 0 Å². The van der Waals surface area contributed by atoms with Gasteiger partial charge in [-0.25, -0.2) is 4.79 Å². The van der Waals surface area contributed by atoms with E-state index >= 15 is 0 Å². The molecule has 0 aliphatic rings. The summed E-state index contributed by atoms with van der Waals surface area (Å²) in [7, 11) is 0. The molecule has 0 saturated carbocycles. The molecule has 2 heterocycles. The van der Waals surface area contributed by atoms with Gasteiger partial charge in [0.15, 0.2) is 0 Å². The van der Waals surface area contributed by atoms with Gasteiger partial charge in [-0.2, -0.15) is 0 Å². The van der Waals surface area contributed by atoms with E-state index in [0.29, 0.717) is 27.5 Å². The summed E-state index contributed by atoms with van der Waals surface area (Å²) in [5.74, 6) is -2.00. The average molecular weight is 449 g/mol. The van der Waals surface area contributed by atoms with Gasteiger partial charge in [0.1, 0.15) is 17.1 Å². The molecule has 0 fully saturated rings. The number of benzene rings is 2. The monoisotopic (exact) mass is 449 g/mol. The number of aromatic hydroxyl groups is 2.